The zero-order valence-electron chi connectivity index (χ0n) is 14.9. The molecular formula is C20H26N2O2S. The lowest BCUT2D eigenvalue weighted by Crippen LogP contribution is -2.36. The summed E-state index contributed by atoms with van der Waals surface area (Å²) in [6.45, 7) is 6.18. The van der Waals surface area contributed by atoms with Crippen molar-refractivity contribution in [3.63, 3.8) is 0 Å². The van der Waals surface area contributed by atoms with E-state index in [9.17, 15) is 8.42 Å². The van der Waals surface area contributed by atoms with Crippen LogP contribution in [0, 0.1) is 6.92 Å². The molecule has 1 N–H and O–H groups in total. The number of hydrogen-bond acceptors (Lipinski definition) is 3. The van der Waals surface area contributed by atoms with Crippen LogP contribution in [-0.4, -0.2) is 25.9 Å². The Morgan fingerprint density at radius 2 is 1.88 bits per heavy atom. The average molecular weight is 359 g/mol. The molecule has 134 valence electrons. The lowest BCUT2D eigenvalue weighted by Gasteiger charge is -2.33. The van der Waals surface area contributed by atoms with E-state index in [1.807, 2.05) is 31.2 Å². The third-order valence-electron chi connectivity index (χ3n) is 4.84. The fourth-order valence-electron chi connectivity index (χ4n) is 3.29. The molecule has 1 heterocycles. The van der Waals surface area contributed by atoms with Gasteiger partial charge in [0.1, 0.15) is 0 Å². The van der Waals surface area contributed by atoms with E-state index in [1.165, 1.54) is 19.3 Å². The van der Waals surface area contributed by atoms with Crippen molar-refractivity contribution in [3.05, 3.63) is 59.7 Å². The molecule has 1 fully saturated rings. The van der Waals surface area contributed by atoms with Gasteiger partial charge in [-0.2, -0.15) is 0 Å². The molecule has 1 atom stereocenters. The third kappa shape index (κ3) is 4.61. The molecule has 4 nitrogen and oxygen atoms in total. The first-order chi connectivity index (χ1) is 11.9. The summed E-state index contributed by atoms with van der Waals surface area (Å²) in [5.74, 6) is 0. The molecule has 0 amide bonds. The molecule has 0 aliphatic carbocycles. The summed E-state index contributed by atoms with van der Waals surface area (Å²) in [6, 6.07) is 15.2. The standard InChI is InChI=1S/C20H26N2O2S/c1-16-9-11-20(12-10-16)25(23,24)21-19-8-5-7-18(14-19)15-22-13-4-3-6-17(22)2/h5,7-12,14,17,21H,3-4,6,13,15H2,1-2H3. The lowest BCUT2D eigenvalue weighted by atomic mass is 10.0. The Bertz CT molecular complexity index is 816. The number of piperidine rings is 1. The van der Waals surface area contributed by atoms with Crippen LogP contribution >= 0.6 is 0 Å². The minimum Gasteiger partial charge on any atom is -0.296 e. The maximum Gasteiger partial charge on any atom is 0.261 e. The van der Waals surface area contributed by atoms with Crippen LogP contribution in [0.1, 0.15) is 37.3 Å². The first kappa shape index (κ1) is 18.0. The molecule has 0 spiro atoms. The van der Waals surface area contributed by atoms with Crippen molar-refractivity contribution in [2.24, 2.45) is 0 Å². The van der Waals surface area contributed by atoms with Crippen molar-refractivity contribution < 1.29 is 8.42 Å². The predicted molar refractivity (Wildman–Crippen MR) is 102 cm³/mol. The maximum absolute atomic E-state index is 12.5. The van der Waals surface area contributed by atoms with Crippen LogP contribution in [0.3, 0.4) is 0 Å². The summed E-state index contributed by atoms with van der Waals surface area (Å²) in [6.07, 6.45) is 3.78. The molecule has 1 aliphatic rings. The van der Waals surface area contributed by atoms with Crippen LogP contribution in [0.25, 0.3) is 0 Å². The molecule has 1 saturated heterocycles. The van der Waals surface area contributed by atoms with Crippen LogP contribution in [0.2, 0.25) is 0 Å². The van der Waals surface area contributed by atoms with Gasteiger partial charge in [0.25, 0.3) is 10.0 Å². The van der Waals surface area contributed by atoms with Crippen LogP contribution in [0.15, 0.2) is 53.4 Å². The molecule has 5 heteroatoms. The Kier molecular flexibility index (Phi) is 5.45. The van der Waals surface area contributed by atoms with Crippen molar-refractivity contribution in [3.8, 4) is 0 Å². The average Bonchev–Trinajstić information content (AvgIpc) is 2.57. The molecule has 3 rings (SSSR count). The smallest absolute Gasteiger partial charge is 0.261 e. The Morgan fingerprint density at radius 3 is 2.60 bits per heavy atom. The van der Waals surface area contributed by atoms with E-state index < -0.39 is 10.0 Å². The quantitative estimate of drug-likeness (QED) is 0.873. The summed E-state index contributed by atoms with van der Waals surface area (Å²) < 4.78 is 27.8. The second kappa shape index (κ2) is 7.58. The molecule has 2 aromatic rings. The van der Waals surface area contributed by atoms with Crippen molar-refractivity contribution in [1.29, 1.82) is 0 Å². The first-order valence-electron chi connectivity index (χ1n) is 8.86. The molecule has 0 saturated carbocycles. The maximum atomic E-state index is 12.5. The van der Waals surface area contributed by atoms with Gasteiger partial charge in [-0.25, -0.2) is 8.42 Å². The summed E-state index contributed by atoms with van der Waals surface area (Å²) >= 11 is 0. The molecule has 2 aromatic carbocycles. The predicted octanol–water partition coefficient (Wildman–Crippen LogP) is 4.17. The van der Waals surface area contributed by atoms with Gasteiger partial charge >= 0.3 is 0 Å². The van der Waals surface area contributed by atoms with Gasteiger partial charge in [-0.1, -0.05) is 36.2 Å². The zero-order valence-corrected chi connectivity index (χ0v) is 15.7. The van der Waals surface area contributed by atoms with Crippen molar-refractivity contribution >= 4 is 15.7 Å². The van der Waals surface area contributed by atoms with Crippen LogP contribution < -0.4 is 4.72 Å². The van der Waals surface area contributed by atoms with E-state index in [4.69, 9.17) is 0 Å². The number of rotatable bonds is 5. The lowest BCUT2D eigenvalue weighted by molar-refractivity contribution is 0.152. The van der Waals surface area contributed by atoms with Gasteiger partial charge in [-0.3, -0.25) is 9.62 Å². The zero-order chi connectivity index (χ0) is 17.9. The molecule has 1 aliphatic heterocycles. The minimum atomic E-state index is -3.55. The number of benzene rings is 2. The molecular weight excluding hydrogens is 332 g/mol. The van der Waals surface area contributed by atoms with E-state index in [-0.39, 0.29) is 4.90 Å². The molecule has 0 aromatic heterocycles. The van der Waals surface area contributed by atoms with Crippen LogP contribution in [0.4, 0.5) is 5.69 Å². The highest BCUT2D eigenvalue weighted by molar-refractivity contribution is 7.92. The SMILES string of the molecule is Cc1ccc(S(=O)(=O)Nc2cccc(CN3CCCCC3C)c2)cc1. The van der Waals surface area contributed by atoms with E-state index >= 15 is 0 Å². The van der Waals surface area contributed by atoms with Gasteiger partial charge in [-0.15, -0.1) is 0 Å². The Labute approximate surface area is 150 Å². The summed E-state index contributed by atoms with van der Waals surface area (Å²) in [4.78, 5) is 2.75. The third-order valence-corrected chi connectivity index (χ3v) is 6.23. The number of hydrogen-bond donors (Lipinski definition) is 1. The molecule has 0 bridgehead atoms. The highest BCUT2D eigenvalue weighted by atomic mass is 32.2. The van der Waals surface area contributed by atoms with Gasteiger partial charge in [0.05, 0.1) is 4.90 Å². The normalized spacial score (nSPS) is 18.9. The van der Waals surface area contributed by atoms with Crippen LogP contribution in [-0.2, 0) is 16.6 Å². The number of aryl methyl sites for hydroxylation is 1. The second-order valence-corrected chi connectivity index (χ2v) is 8.62. The largest absolute Gasteiger partial charge is 0.296 e. The topological polar surface area (TPSA) is 49.4 Å². The highest BCUT2D eigenvalue weighted by Crippen LogP contribution is 2.22. The Hall–Kier alpha value is -1.85. The number of sulfonamides is 1. The molecule has 25 heavy (non-hydrogen) atoms. The van der Waals surface area contributed by atoms with E-state index in [2.05, 4.69) is 22.6 Å². The fourth-order valence-corrected chi connectivity index (χ4v) is 4.34. The van der Waals surface area contributed by atoms with E-state index in [1.54, 1.807) is 18.2 Å². The summed E-state index contributed by atoms with van der Waals surface area (Å²) in [5, 5.41) is 0. The molecule has 0 radical (unpaired) electrons. The minimum absolute atomic E-state index is 0.285. The highest BCUT2D eigenvalue weighted by Gasteiger charge is 2.19. The van der Waals surface area contributed by atoms with Gasteiger partial charge in [0.2, 0.25) is 0 Å². The monoisotopic (exact) mass is 358 g/mol. The Balaban J connectivity index is 1.74. The van der Waals surface area contributed by atoms with Crippen molar-refractivity contribution in [1.82, 2.24) is 4.90 Å². The number of nitrogens with one attached hydrogen (secondary N) is 1. The van der Waals surface area contributed by atoms with E-state index in [0.29, 0.717) is 11.7 Å². The number of nitrogens with zero attached hydrogens (tertiary/aromatic N) is 1. The first-order valence-corrected chi connectivity index (χ1v) is 10.3. The second-order valence-electron chi connectivity index (χ2n) is 6.93. The van der Waals surface area contributed by atoms with Gasteiger partial charge < -0.3 is 0 Å². The van der Waals surface area contributed by atoms with Crippen LogP contribution in [0.5, 0.6) is 0 Å². The summed E-state index contributed by atoms with van der Waals surface area (Å²) in [5.41, 5.74) is 2.79. The molecule has 1 unspecified atom stereocenters. The number of anilines is 1. The van der Waals surface area contributed by atoms with Gasteiger partial charge in [0.15, 0.2) is 0 Å². The van der Waals surface area contributed by atoms with E-state index in [0.717, 1.165) is 24.2 Å². The van der Waals surface area contributed by atoms with Crippen molar-refractivity contribution in [2.45, 2.75) is 50.6 Å². The van der Waals surface area contributed by atoms with Gasteiger partial charge in [0, 0.05) is 18.3 Å². The number of likely N-dealkylation sites (tertiary alicyclic amines) is 1. The fraction of sp³-hybridized carbons (Fsp3) is 0.400. The summed E-state index contributed by atoms with van der Waals surface area (Å²) in [7, 11) is -3.55. The van der Waals surface area contributed by atoms with Gasteiger partial charge in [-0.05, 0) is 63.1 Å². The Morgan fingerprint density at radius 1 is 1.12 bits per heavy atom. The van der Waals surface area contributed by atoms with Crippen molar-refractivity contribution in [2.75, 3.05) is 11.3 Å².